The normalized spacial score (nSPS) is 10.5. The molecule has 2 aromatic carbocycles. The summed E-state index contributed by atoms with van der Waals surface area (Å²) in [5, 5.41) is 0.794. The number of hydrogen-bond acceptors (Lipinski definition) is 2. The molecule has 0 spiro atoms. The molecule has 2 nitrogen and oxygen atoms in total. The summed E-state index contributed by atoms with van der Waals surface area (Å²) in [6.45, 7) is 0. The first-order valence-electron chi connectivity index (χ1n) is 5.49. The molecule has 0 radical (unpaired) electrons. The lowest BCUT2D eigenvalue weighted by Crippen LogP contribution is -2.07. The fourth-order valence-electron chi connectivity index (χ4n) is 1.70. The van der Waals surface area contributed by atoms with Crippen LogP contribution in [0.15, 0.2) is 36.4 Å². The van der Waals surface area contributed by atoms with Gasteiger partial charge in [-0.3, -0.25) is 4.79 Å². The molecule has 0 aliphatic carbocycles. The lowest BCUT2D eigenvalue weighted by molar-refractivity contribution is 0.0993. The Morgan fingerprint density at radius 2 is 1.84 bits per heavy atom. The molecular weight excluding hydrogens is 288 g/mol. The van der Waals surface area contributed by atoms with Gasteiger partial charge < -0.3 is 5.73 Å². The van der Waals surface area contributed by atoms with Crippen molar-refractivity contribution < 1.29 is 9.18 Å². The van der Waals surface area contributed by atoms with E-state index in [1.807, 2.05) is 0 Å². The number of Topliss-reactive ketones (excluding diaryl/α,β-unsaturated/α-hetero) is 1. The third-order valence-corrected chi connectivity index (χ3v) is 3.40. The van der Waals surface area contributed by atoms with E-state index in [1.165, 1.54) is 12.1 Å². The summed E-state index contributed by atoms with van der Waals surface area (Å²) in [6, 6.07) is 8.64. The quantitative estimate of drug-likeness (QED) is 0.683. The van der Waals surface area contributed by atoms with Gasteiger partial charge in [0.05, 0.1) is 10.0 Å². The van der Waals surface area contributed by atoms with Crippen LogP contribution in [0, 0.1) is 5.82 Å². The number of hydrogen-bond donors (Lipinski definition) is 1. The summed E-state index contributed by atoms with van der Waals surface area (Å²) in [7, 11) is 0. The molecule has 0 saturated carbocycles. The maximum atomic E-state index is 13.1. The Hall–Kier alpha value is -1.58. The van der Waals surface area contributed by atoms with Crippen LogP contribution in [-0.4, -0.2) is 5.78 Å². The summed E-state index contributed by atoms with van der Waals surface area (Å²) in [4.78, 5) is 12.1. The van der Waals surface area contributed by atoms with Crippen LogP contribution < -0.4 is 5.73 Å². The molecule has 0 aliphatic heterocycles. The first-order valence-corrected chi connectivity index (χ1v) is 6.25. The molecule has 19 heavy (non-hydrogen) atoms. The fourth-order valence-corrected chi connectivity index (χ4v) is 2.02. The SMILES string of the molecule is Nc1ccc(F)cc1C(=O)Cc1ccc(Cl)c(Cl)c1. The van der Waals surface area contributed by atoms with E-state index in [0.29, 0.717) is 15.6 Å². The Balaban J connectivity index is 2.25. The first-order chi connectivity index (χ1) is 8.97. The molecule has 0 bridgehead atoms. The minimum atomic E-state index is -0.494. The largest absolute Gasteiger partial charge is 0.398 e. The molecule has 0 saturated heterocycles. The zero-order valence-corrected chi connectivity index (χ0v) is 11.3. The van der Waals surface area contributed by atoms with Crippen LogP contribution in [0.25, 0.3) is 0 Å². The number of halogens is 3. The van der Waals surface area contributed by atoms with Crippen molar-refractivity contribution in [3.63, 3.8) is 0 Å². The molecule has 5 heteroatoms. The number of nitrogen functional groups attached to an aromatic ring is 1. The molecule has 0 unspecified atom stereocenters. The van der Waals surface area contributed by atoms with Crippen LogP contribution in [-0.2, 0) is 6.42 Å². The van der Waals surface area contributed by atoms with Crippen molar-refractivity contribution in [3.8, 4) is 0 Å². The van der Waals surface area contributed by atoms with Crippen molar-refractivity contribution >= 4 is 34.7 Å². The second-order valence-corrected chi connectivity index (χ2v) is 4.89. The van der Waals surface area contributed by atoms with Crippen molar-refractivity contribution in [3.05, 3.63) is 63.4 Å². The van der Waals surface area contributed by atoms with E-state index in [1.54, 1.807) is 18.2 Å². The van der Waals surface area contributed by atoms with Crippen molar-refractivity contribution in [2.24, 2.45) is 0 Å². The van der Waals surface area contributed by atoms with Crippen LogP contribution >= 0.6 is 23.2 Å². The highest BCUT2D eigenvalue weighted by atomic mass is 35.5. The Bertz CT molecular complexity index is 643. The first kappa shape index (κ1) is 13.8. The minimum absolute atomic E-state index is 0.0878. The van der Waals surface area contributed by atoms with E-state index in [2.05, 4.69) is 0 Å². The predicted molar refractivity (Wildman–Crippen MR) is 75.3 cm³/mol. The van der Waals surface area contributed by atoms with Crippen LogP contribution in [0.3, 0.4) is 0 Å². The van der Waals surface area contributed by atoms with E-state index in [-0.39, 0.29) is 23.5 Å². The van der Waals surface area contributed by atoms with E-state index in [9.17, 15) is 9.18 Å². The van der Waals surface area contributed by atoms with Crippen LogP contribution in [0.2, 0.25) is 10.0 Å². The van der Waals surface area contributed by atoms with Gasteiger partial charge >= 0.3 is 0 Å². The Kier molecular flexibility index (Phi) is 4.08. The van der Waals surface area contributed by atoms with Crippen LogP contribution in [0.1, 0.15) is 15.9 Å². The highest BCUT2D eigenvalue weighted by Crippen LogP contribution is 2.24. The van der Waals surface area contributed by atoms with Gasteiger partial charge in [0.15, 0.2) is 5.78 Å². The minimum Gasteiger partial charge on any atom is -0.398 e. The zero-order valence-electron chi connectivity index (χ0n) is 9.79. The Labute approximate surface area is 119 Å². The number of benzene rings is 2. The van der Waals surface area contributed by atoms with Crippen LogP contribution in [0.4, 0.5) is 10.1 Å². The van der Waals surface area contributed by atoms with Gasteiger partial charge in [-0.1, -0.05) is 29.3 Å². The fraction of sp³-hybridized carbons (Fsp3) is 0.0714. The predicted octanol–water partition coefficient (Wildman–Crippen LogP) is 4.14. The van der Waals surface area contributed by atoms with Gasteiger partial charge in [-0.15, -0.1) is 0 Å². The molecule has 0 fully saturated rings. The van der Waals surface area contributed by atoms with Crippen molar-refractivity contribution in [2.75, 3.05) is 5.73 Å². The number of nitrogens with two attached hydrogens (primary N) is 1. The molecule has 0 atom stereocenters. The molecule has 0 aromatic heterocycles. The molecule has 98 valence electrons. The number of rotatable bonds is 3. The van der Waals surface area contributed by atoms with Crippen molar-refractivity contribution in [1.82, 2.24) is 0 Å². The van der Waals surface area contributed by atoms with Gasteiger partial charge in [-0.05, 0) is 35.9 Å². The molecule has 2 aromatic rings. The molecule has 2 N–H and O–H groups in total. The number of carbonyl (C=O) groups excluding carboxylic acids is 1. The van der Waals surface area contributed by atoms with E-state index in [0.717, 1.165) is 6.07 Å². The summed E-state index contributed by atoms with van der Waals surface area (Å²) < 4.78 is 13.1. The van der Waals surface area contributed by atoms with E-state index >= 15 is 0 Å². The van der Waals surface area contributed by atoms with Gasteiger partial charge in [0, 0.05) is 17.7 Å². The van der Waals surface area contributed by atoms with Crippen molar-refractivity contribution in [2.45, 2.75) is 6.42 Å². The Morgan fingerprint density at radius 1 is 1.11 bits per heavy atom. The third-order valence-electron chi connectivity index (χ3n) is 2.66. The molecule has 0 amide bonds. The van der Waals surface area contributed by atoms with Gasteiger partial charge in [-0.2, -0.15) is 0 Å². The van der Waals surface area contributed by atoms with Gasteiger partial charge in [-0.25, -0.2) is 4.39 Å². The average Bonchev–Trinajstić information content (AvgIpc) is 2.36. The summed E-state index contributed by atoms with van der Waals surface area (Å²) in [6.07, 6.45) is 0.0878. The van der Waals surface area contributed by atoms with Crippen molar-refractivity contribution in [1.29, 1.82) is 0 Å². The molecule has 2 rings (SSSR count). The number of anilines is 1. The lowest BCUT2D eigenvalue weighted by atomic mass is 10.0. The summed E-state index contributed by atoms with van der Waals surface area (Å²) in [5.41, 5.74) is 6.79. The molecule has 0 heterocycles. The second-order valence-electron chi connectivity index (χ2n) is 4.08. The maximum absolute atomic E-state index is 13.1. The smallest absolute Gasteiger partial charge is 0.169 e. The second kappa shape index (κ2) is 5.59. The van der Waals surface area contributed by atoms with E-state index in [4.69, 9.17) is 28.9 Å². The zero-order chi connectivity index (χ0) is 14.0. The summed E-state index contributed by atoms with van der Waals surface area (Å²) in [5.74, 6) is -0.762. The highest BCUT2D eigenvalue weighted by molar-refractivity contribution is 6.42. The van der Waals surface area contributed by atoms with Gasteiger partial charge in [0.1, 0.15) is 5.82 Å². The monoisotopic (exact) mass is 297 g/mol. The van der Waals surface area contributed by atoms with Gasteiger partial charge in [0.25, 0.3) is 0 Å². The average molecular weight is 298 g/mol. The highest BCUT2D eigenvalue weighted by Gasteiger charge is 2.12. The van der Waals surface area contributed by atoms with E-state index < -0.39 is 5.82 Å². The molecule has 0 aliphatic rings. The van der Waals surface area contributed by atoms with Crippen LogP contribution in [0.5, 0.6) is 0 Å². The standard InChI is InChI=1S/C14H10Cl2FNO/c15-11-3-1-8(5-12(11)16)6-14(19)10-7-9(17)2-4-13(10)18/h1-5,7H,6,18H2. The molecular formula is C14H10Cl2FNO. The Morgan fingerprint density at radius 3 is 2.53 bits per heavy atom. The van der Waals surface area contributed by atoms with Gasteiger partial charge in [0.2, 0.25) is 0 Å². The maximum Gasteiger partial charge on any atom is 0.169 e. The number of ketones is 1. The topological polar surface area (TPSA) is 43.1 Å². The number of carbonyl (C=O) groups is 1. The third kappa shape index (κ3) is 3.25. The summed E-state index contributed by atoms with van der Waals surface area (Å²) >= 11 is 11.7. The lowest BCUT2D eigenvalue weighted by Gasteiger charge is -2.06.